The molecule has 0 aliphatic heterocycles. The minimum atomic E-state index is -1.30. The number of benzene rings is 2. The number of allylic oxidation sites excluding steroid dienone is 1. The van der Waals surface area contributed by atoms with Crippen LogP contribution in [0.5, 0.6) is 0 Å². The second kappa shape index (κ2) is 9.47. The van der Waals surface area contributed by atoms with Crippen molar-refractivity contribution in [3.05, 3.63) is 78.8 Å². The van der Waals surface area contributed by atoms with Crippen molar-refractivity contribution in [3.8, 4) is 0 Å². The molecular formula is C19H14Cl4O4. The summed E-state index contributed by atoms with van der Waals surface area (Å²) in [5.41, 5.74) is 1.44. The fraction of sp³-hybridized carbons (Fsp3) is 0.158. The molecule has 0 atom stereocenters. The molecule has 4 nitrogen and oxygen atoms in total. The van der Waals surface area contributed by atoms with Crippen LogP contribution >= 0.6 is 46.4 Å². The highest BCUT2D eigenvalue weighted by atomic mass is 35.5. The van der Waals surface area contributed by atoms with E-state index in [4.69, 9.17) is 51.5 Å². The van der Waals surface area contributed by atoms with Gasteiger partial charge in [-0.1, -0.05) is 64.1 Å². The number of aliphatic carboxylic acids is 2. The molecule has 142 valence electrons. The van der Waals surface area contributed by atoms with Crippen LogP contribution in [-0.2, 0) is 22.4 Å². The maximum Gasteiger partial charge on any atom is 0.332 e. The van der Waals surface area contributed by atoms with Gasteiger partial charge >= 0.3 is 11.9 Å². The zero-order valence-corrected chi connectivity index (χ0v) is 16.8. The van der Waals surface area contributed by atoms with E-state index in [1.807, 2.05) is 0 Å². The van der Waals surface area contributed by atoms with Gasteiger partial charge in [0.25, 0.3) is 0 Å². The first-order chi connectivity index (χ1) is 12.7. The lowest BCUT2D eigenvalue weighted by Gasteiger charge is -2.15. The maximum atomic E-state index is 11.7. The van der Waals surface area contributed by atoms with Crippen molar-refractivity contribution >= 4 is 58.3 Å². The number of rotatable bonds is 7. The average molecular weight is 448 g/mol. The summed E-state index contributed by atoms with van der Waals surface area (Å²) in [7, 11) is 0. The van der Waals surface area contributed by atoms with Crippen LogP contribution < -0.4 is 0 Å². The van der Waals surface area contributed by atoms with E-state index >= 15 is 0 Å². The molecule has 2 aromatic carbocycles. The van der Waals surface area contributed by atoms with Crippen molar-refractivity contribution in [3.63, 3.8) is 0 Å². The first kappa shape index (κ1) is 21.6. The van der Waals surface area contributed by atoms with Crippen molar-refractivity contribution in [2.45, 2.75) is 19.3 Å². The van der Waals surface area contributed by atoms with Crippen LogP contribution in [0.2, 0.25) is 20.1 Å². The van der Waals surface area contributed by atoms with E-state index in [1.54, 1.807) is 36.4 Å². The predicted molar refractivity (Wildman–Crippen MR) is 107 cm³/mol. The predicted octanol–water partition coefficient (Wildman–Crippen LogP) is 5.94. The van der Waals surface area contributed by atoms with E-state index in [2.05, 4.69) is 0 Å². The monoisotopic (exact) mass is 446 g/mol. The molecule has 2 rings (SSSR count). The fourth-order valence-electron chi connectivity index (χ4n) is 2.57. The summed E-state index contributed by atoms with van der Waals surface area (Å²) in [6, 6.07) is 9.70. The number of hydrogen-bond acceptors (Lipinski definition) is 2. The van der Waals surface area contributed by atoms with E-state index in [1.165, 1.54) is 0 Å². The van der Waals surface area contributed by atoms with E-state index in [9.17, 15) is 14.7 Å². The number of halogens is 4. The van der Waals surface area contributed by atoms with Crippen LogP contribution in [0.25, 0.3) is 0 Å². The Bertz CT molecular complexity index is 866. The molecule has 2 N–H and O–H groups in total. The van der Waals surface area contributed by atoms with Crippen molar-refractivity contribution in [1.29, 1.82) is 0 Å². The molecular weight excluding hydrogens is 434 g/mol. The SMILES string of the molecule is O=C(O)CC(C(=O)O)=C(Cc1ccc(Cl)cc1Cl)Cc1ccc(Cl)cc1Cl. The van der Waals surface area contributed by atoms with Gasteiger partial charge in [-0.2, -0.15) is 0 Å². The molecule has 0 aliphatic carbocycles. The molecule has 0 radical (unpaired) electrons. The highest BCUT2D eigenvalue weighted by molar-refractivity contribution is 6.35. The van der Waals surface area contributed by atoms with Gasteiger partial charge in [0, 0.05) is 25.7 Å². The molecule has 8 heteroatoms. The summed E-state index contributed by atoms with van der Waals surface area (Å²) >= 11 is 24.2. The molecule has 0 amide bonds. The second-order valence-corrected chi connectivity index (χ2v) is 7.47. The Balaban J connectivity index is 2.52. The molecule has 0 saturated heterocycles. The molecule has 0 aliphatic rings. The van der Waals surface area contributed by atoms with Gasteiger partial charge in [0.1, 0.15) is 0 Å². The Morgan fingerprint density at radius 2 is 1.22 bits per heavy atom. The van der Waals surface area contributed by atoms with Crippen molar-refractivity contribution < 1.29 is 19.8 Å². The van der Waals surface area contributed by atoms with Crippen molar-refractivity contribution in [2.75, 3.05) is 0 Å². The lowest BCUT2D eigenvalue weighted by Crippen LogP contribution is -2.13. The van der Waals surface area contributed by atoms with Gasteiger partial charge < -0.3 is 10.2 Å². The van der Waals surface area contributed by atoms with Gasteiger partial charge in [-0.15, -0.1) is 0 Å². The van der Waals surface area contributed by atoms with E-state index in [0.717, 1.165) is 0 Å². The van der Waals surface area contributed by atoms with Gasteiger partial charge in [-0.05, 0) is 48.2 Å². The molecule has 0 saturated carbocycles. The highest BCUT2D eigenvalue weighted by Gasteiger charge is 2.20. The first-order valence-electron chi connectivity index (χ1n) is 7.71. The van der Waals surface area contributed by atoms with Gasteiger partial charge in [-0.3, -0.25) is 4.79 Å². The summed E-state index contributed by atoms with van der Waals surface area (Å²) in [5.74, 6) is -2.54. The topological polar surface area (TPSA) is 74.6 Å². The number of carboxylic acid groups (broad SMARTS) is 2. The third kappa shape index (κ3) is 6.15. The average Bonchev–Trinajstić information content (AvgIpc) is 2.56. The van der Waals surface area contributed by atoms with E-state index in [0.29, 0.717) is 36.8 Å². The minimum Gasteiger partial charge on any atom is -0.481 e. The van der Waals surface area contributed by atoms with Gasteiger partial charge in [0.15, 0.2) is 0 Å². The smallest absolute Gasteiger partial charge is 0.332 e. The Hall–Kier alpha value is -1.72. The zero-order chi connectivity index (χ0) is 20.1. The lowest BCUT2D eigenvalue weighted by atomic mass is 9.92. The summed E-state index contributed by atoms with van der Waals surface area (Å²) in [6.45, 7) is 0. The molecule has 2 aromatic rings. The first-order valence-corrected chi connectivity index (χ1v) is 9.22. The van der Waals surface area contributed by atoms with Crippen LogP contribution in [0.15, 0.2) is 47.5 Å². The third-order valence-corrected chi connectivity index (χ3v) is 5.02. The van der Waals surface area contributed by atoms with Crippen molar-refractivity contribution in [2.24, 2.45) is 0 Å². The largest absolute Gasteiger partial charge is 0.481 e. The number of hydrogen-bond donors (Lipinski definition) is 2. The minimum absolute atomic E-state index is 0.143. The van der Waals surface area contributed by atoms with Gasteiger partial charge in [-0.25, -0.2) is 4.79 Å². The summed E-state index contributed by atoms with van der Waals surface area (Å²) < 4.78 is 0. The molecule has 0 bridgehead atoms. The number of carboxylic acids is 2. The maximum absolute atomic E-state index is 11.7. The highest BCUT2D eigenvalue weighted by Crippen LogP contribution is 2.29. The lowest BCUT2D eigenvalue weighted by molar-refractivity contribution is -0.139. The fourth-order valence-corrected chi connectivity index (χ4v) is 3.52. The van der Waals surface area contributed by atoms with Crippen molar-refractivity contribution in [1.82, 2.24) is 0 Å². The number of carbonyl (C=O) groups is 2. The van der Waals surface area contributed by atoms with Crippen LogP contribution in [0.4, 0.5) is 0 Å². The molecule has 27 heavy (non-hydrogen) atoms. The van der Waals surface area contributed by atoms with Gasteiger partial charge in [0.2, 0.25) is 0 Å². The Morgan fingerprint density at radius 1 is 0.778 bits per heavy atom. The molecule has 0 heterocycles. The van der Waals surface area contributed by atoms with E-state index in [-0.39, 0.29) is 18.4 Å². The summed E-state index contributed by atoms with van der Waals surface area (Å²) in [5, 5.41) is 20.3. The zero-order valence-electron chi connectivity index (χ0n) is 13.8. The molecule has 0 unspecified atom stereocenters. The Labute approximate surface area is 175 Å². The Kier molecular flexibility index (Phi) is 7.57. The second-order valence-electron chi connectivity index (χ2n) is 5.78. The van der Waals surface area contributed by atoms with Gasteiger partial charge in [0.05, 0.1) is 6.42 Å². The quantitative estimate of drug-likeness (QED) is 0.515. The van der Waals surface area contributed by atoms with E-state index < -0.39 is 18.4 Å². The van der Waals surface area contributed by atoms with Crippen LogP contribution in [0, 0.1) is 0 Å². The normalized spacial score (nSPS) is 10.5. The summed E-state index contributed by atoms with van der Waals surface area (Å²) in [6.07, 6.45) is -0.338. The van der Waals surface area contributed by atoms with Crippen LogP contribution in [0.1, 0.15) is 17.5 Å². The third-order valence-electron chi connectivity index (χ3n) is 3.85. The van der Waals surface area contributed by atoms with Crippen LogP contribution in [-0.4, -0.2) is 22.2 Å². The molecule has 0 aromatic heterocycles. The standard InChI is InChI=1S/C19H14Cl4O4/c20-13-3-1-10(16(22)7-13)5-12(15(19(26)27)9-18(24)25)6-11-2-4-14(21)8-17(11)23/h1-4,7-8H,5-6,9H2,(H,24,25)(H,26,27). The van der Waals surface area contributed by atoms with Crippen LogP contribution in [0.3, 0.4) is 0 Å². The molecule has 0 spiro atoms. The molecule has 0 fully saturated rings. The Morgan fingerprint density at radius 3 is 1.56 bits per heavy atom. The summed E-state index contributed by atoms with van der Waals surface area (Å²) in [4.78, 5) is 22.9.